The Kier molecular flexibility index (Phi) is 3.54. The summed E-state index contributed by atoms with van der Waals surface area (Å²) in [4.78, 5) is 16.5. The van der Waals surface area contributed by atoms with Crippen molar-refractivity contribution in [2.45, 2.75) is 13.8 Å². The molecule has 23 heavy (non-hydrogen) atoms. The molecule has 3 aromatic heterocycles. The van der Waals surface area contributed by atoms with Crippen molar-refractivity contribution in [1.29, 1.82) is 0 Å². The molecular weight excluding hydrogens is 308 g/mol. The zero-order chi connectivity index (χ0) is 16.0. The van der Waals surface area contributed by atoms with Crippen LogP contribution < -0.4 is 4.90 Å². The van der Waals surface area contributed by atoms with Gasteiger partial charge in [0, 0.05) is 37.6 Å². The van der Waals surface area contributed by atoms with Crippen LogP contribution in [0.15, 0.2) is 19.0 Å². The Bertz CT molecular complexity index is 872. The van der Waals surface area contributed by atoms with Crippen molar-refractivity contribution in [1.82, 2.24) is 24.5 Å². The fraction of sp³-hybridized carbons (Fsp3) is 0.438. The monoisotopic (exact) mass is 328 g/mol. The molecule has 0 unspecified atom stereocenters. The third-order valence-electron chi connectivity index (χ3n) is 4.57. The molecule has 1 saturated heterocycles. The second kappa shape index (κ2) is 5.58. The summed E-state index contributed by atoms with van der Waals surface area (Å²) in [5, 5.41) is 5.56. The molecule has 0 N–H and O–H groups in total. The second-order valence-electron chi connectivity index (χ2n) is 5.95. The Morgan fingerprint density at radius 3 is 2.78 bits per heavy atom. The molecule has 0 radical (unpaired) electrons. The summed E-state index contributed by atoms with van der Waals surface area (Å²) in [5.41, 5.74) is 2.18. The van der Waals surface area contributed by atoms with Crippen LogP contribution in [0.2, 0.25) is 0 Å². The minimum atomic E-state index is 0.907. The van der Waals surface area contributed by atoms with Crippen LogP contribution in [0.3, 0.4) is 0 Å². The Morgan fingerprint density at radius 2 is 2.04 bits per heavy atom. The highest BCUT2D eigenvalue weighted by Gasteiger charge is 2.22. The normalized spacial score (nSPS) is 16.5. The first-order valence-electron chi connectivity index (χ1n) is 7.86. The van der Waals surface area contributed by atoms with Gasteiger partial charge in [-0.1, -0.05) is 6.08 Å². The van der Waals surface area contributed by atoms with Crippen molar-refractivity contribution in [2.75, 3.05) is 37.6 Å². The number of hydrogen-bond acceptors (Lipinski definition) is 6. The summed E-state index contributed by atoms with van der Waals surface area (Å²) in [6.45, 7) is 13.0. The maximum atomic E-state index is 4.92. The molecule has 1 aliphatic heterocycles. The van der Waals surface area contributed by atoms with Gasteiger partial charge < -0.3 is 4.90 Å². The van der Waals surface area contributed by atoms with Crippen molar-refractivity contribution in [2.24, 2.45) is 0 Å². The van der Waals surface area contributed by atoms with Gasteiger partial charge >= 0.3 is 0 Å². The average molecular weight is 328 g/mol. The quantitative estimate of drug-likeness (QED) is 0.690. The van der Waals surface area contributed by atoms with Crippen molar-refractivity contribution < 1.29 is 0 Å². The van der Waals surface area contributed by atoms with E-state index in [1.54, 1.807) is 17.7 Å². The Hall–Kier alpha value is -1.99. The number of aryl methyl sites for hydroxylation is 2. The Labute approximate surface area is 139 Å². The predicted molar refractivity (Wildman–Crippen MR) is 94.5 cm³/mol. The minimum absolute atomic E-state index is 0.907. The zero-order valence-corrected chi connectivity index (χ0v) is 14.3. The maximum absolute atomic E-state index is 4.92. The van der Waals surface area contributed by atoms with Crippen LogP contribution in [0, 0.1) is 13.8 Å². The van der Waals surface area contributed by atoms with Gasteiger partial charge in [-0.25, -0.2) is 9.97 Å². The van der Waals surface area contributed by atoms with Gasteiger partial charge in [-0.2, -0.15) is 9.61 Å². The number of rotatable bonds is 3. The lowest BCUT2D eigenvalue weighted by Crippen LogP contribution is -2.47. The molecule has 0 saturated carbocycles. The summed E-state index contributed by atoms with van der Waals surface area (Å²) >= 11 is 1.74. The van der Waals surface area contributed by atoms with Crippen molar-refractivity contribution in [3.8, 4) is 0 Å². The van der Waals surface area contributed by atoms with Crippen LogP contribution in [-0.4, -0.2) is 57.2 Å². The predicted octanol–water partition coefficient (Wildman–Crippen LogP) is 2.26. The highest BCUT2D eigenvalue weighted by Crippen LogP contribution is 2.33. The summed E-state index contributed by atoms with van der Waals surface area (Å²) in [5.74, 6) is 0.907. The number of aromatic nitrogens is 4. The highest BCUT2D eigenvalue weighted by molar-refractivity contribution is 7.18. The smallest absolute Gasteiger partial charge is 0.230 e. The van der Waals surface area contributed by atoms with E-state index in [4.69, 9.17) is 4.98 Å². The van der Waals surface area contributed by atoms with Crippen LogP contribution in [0.4, 0.5) is 5.95 Å². The van der Waals surface area contributed by atoms with E-state index in [0.717, 1.165) is 54.5 Å². The van der Waals surface area contributed by atoms with E-state index in [0.29, 0.717) is 0 Å². The first-order chi connectivity index (χ1) is 11.2. The molecule has 0 aliphatic carbocycles. The molecule has 120 valence electrons. The van der Waals surface area contributed by atoms with E-state index in [-0.39, 0.29) is 0 Å². The van der Waals surface area contributed by atoms with E-state index in [2.05, 4.69) is 40.3 Å². The van der Waals surface area contributed by atoms with Crippen molar-refractivity contribution >= 4 is 33.1 Å². The number of nitrogens with zero attached hydrogens (tertiary/aromatic N) is 6. The molecule has 6 nitrogen and oxygen atoms in total. The van der Waals surface area contributed by atoms with Gasteiger partial charge in [-0.3, -0.25) is 4.90 Å². The number of anilines is 1. The van der Waals surface area contributed by atoms with Crippen LogP contribution in [-0.2, 0) is 0 Å². The molecule has 4 heterocycles. The summed E-state index contributed by atoms with van der Waals surface area (Å²) < 4.78 is 1.89. The van der Waals surface area contributed by atoms with E-state index in [9.17, 15) is 0 Å². The molecule has 7 heteroatoms. The van der Waals surface area contributed by atoms with Crippen LogP contribution >= 0.6 is 11.3 Å². The number of fused-ring (bicyclic) bond motifs is 3. The largest absolute Gasteiger partial charge is 0.338 e. The molecular formula is C16H20N6S. The zero-order valence-electron chi connectivity index (χ0n) is 13.5. The van der Waals surface area contributed by atoms with Crippen LogP contribution in [0.1, 0.15) is 10.4 Å². The highest BCUT2D eigenvalue weighted by atomic mass is 32.1. The summed E-state index contributed by atoms with van der Waals surface area (Å²) in [6.07, 6.45) is 3.59. The maximum Gasteiger partial charge on any atom is 0.230 e. The third-order valence-corrected chi connectivity index (χ3v) is 5.67. The SMILES string of the molecule is C=CCN1CCN(c2nc3sc(C)c(C)c3c3ncnn23)CC1. The average Bonchev–Trinajstić information content (AvgIpc) is 3.13. The number of hydrogen-bond donors (Lipinski definition) is 0. The van der Waals surface area contributed by atoms with Gasteiger partial charge in [0.05, 0.1) is 5.39 Å². The molecule has 3 aromatic rings. The Balaban J connectivity index is 1.78. The molecule has 0 bridgehead atoms. The van der Waals surface area contributed by atoms with Gasteiger partial charge in [0.15, 0.2) is 5.65 Å². The van der Waals surface area contributed by atoms with E-state index >= 15 is 0 Å². The summed E-state index contributed by atoms with van der Waals surface area (Å²) in [7, 11) is 0. The summed E-state index contributed by atoms with van der Waals surface area (Å²) in [6, 6.07) is 0. The van der Waals surface area contributed by atoms with Crippen LogP contribution in [0.5, 0.6) is 0 Å². The fourth-order valence-corrected chi connectivity index (χ4v) is 4.18. The molecule has 0 amide bonds. The lowest BCUT2D eigenvalue weighted by Gasteiger charge is -2.34. The van der Waals surface area contributed by atoms with Gasteiger partial charge in [-0.05, 0) is 19.4 Å². The van der Waals surface area contributed by atoms with Gasteiger partial charge in [-0.15, -0.1) is 17.9 Å². The third kappa shape index (κ3) is 2.31. The van der Waals surface area contributed by atoms with Gasteiger partial charge in [0.1, 0.15) is 11.2 Å². The minimum Gasteiger partial charge on any atom is -0.338 e. The topological polar surface area (TPSA) is 49.6 Å². The lowest BCUT2D eigenvalue weighted by molar-refractivity contribution is 0.282. The van der Waals surface area contributed by atoms with Crippen molar-refractivity contribution in [3.63, 3.8) is 0 Å². The first kappa shape index (κ1) is 14.6. The van der Waals surface area contributed by atoms with Crippen molar-refractivity contribution in [3.05, 3.63) is 29.4 Å². The van der Waals surface area contributed by atoms with Crippen LogP contribution in [0.25, 0.3) is 15.9 Å². The first-order valence-corrected chi connectivity index (χ1v) is 8.68. The molecule has 1 aliphatic rings. The molecule has 1 fully saturated rings. The van der Waals surface area contributed by atoms with Gasteiger partial charge in [0.25, 0.3) is 0 Å². The van der Waals surface area contributed by atoms with Gasteiger partial charge in [0.2, 0.25) is 5.95 Å². The molecule has 0 atom stereocenters. The molecule has 4 rings (SSSR count). The second-order valence-corrected chi connectivity index (χ2v) is 7.15. The lowest BCUT2D eigenvalue weighted by atomic mass is 10.2. The van der Waals surface area contributed by atoms with E-state index < -0.39 is 0 Å². The van der Waals surface area contributed by atoms with E-state index in [1.807, 2.05) is 10.6 Å². The number of piperazine rings is 1. The fourth-order valence-electron chi connectivity index (χ4n) is 3.17. The molecule has 0 aromatic carbocycles. The standard InChI is InChI=1S/C16H20N6S/c1-4-5-20-6-8-21(9-7-20)16-19-15-13(11(2)12(3)23-15)14-17-10-18-22(14)16/h4,10H,1,5-9H2,2-3H3. The Morgan fingerprint density at radius 1 is 1.26 bits per heavy atom. The van der Waals surface area contributed by atoms with E-state index in [1.165, 1.54) is 10.4 Å². The molecule has 0 spiro atoms. The number of thiophene rings is 1.